The van der Waals surface area contributed by atoms with Gasteiger partial charge in [0.2, 0.25) is 0 Å². The van der Waals surface area contributed by atoms with Crippen molar-refractivity contribution < 1.29 is 9.90 Å². The molecule has 0 bridgehead atoms. The number of hydrogen-bond donors (Lipinski definition) is 1. The van der Waals surface area contributed by atoms with Crippen molar-refractivity contribution in [2.45, 2.75) is 51.5 Å². The molecular formula is C12H23NO2. The van der Waals surface area contributed by atoms with Crippen molar-refractivity contribution in [1.29, 1.82) is 0 Å². The van der Waals surface area contributed by atoms with Gasteiger partial charge in [0.05, 0.1) is 0 Å². The van der Waals surface area contributed by atoms with Crippen LogP contribution < -0.4 is 0 Å². The average Bonchev–Trinajstić information content (AvgIpc) is 2.10. The highest BCUT2D eigenvalue weighted by molar-refractivity contribution is 5.78. The number of rotatable bonds is 6. The van der Waals surface area contributed by atoms with E-state index in [0.29, 0.717) is 0 Å². The van der Waals surface area contributed by atoms with Gasteiger partial charge < -0.3 is 5.11 Å². The molecule has 1 aliphatic carbocycles. The van der Waals surface area contributed by atoms with Gasteiger partial charge in [0.15, 0.2) is 0 Å². The predicted molar refractivity (Wildman–Crippen MR) is 60.9 cm³/mol. The Labute approximate surface area is 92.5 Å². The van der Waals surface area contributed by atoms with Crippen LogP contribution in [0.3, 0.4) is 0 Å². The van der Waals surface area contributed by atoms with Crippen LogP contribution in [0.15, 0.2) is 0 Å². The summed E-state index contributed by atoms with van der Waals surface area (Å²) in [5, 5.41) is 9.30. The van der Waals surface area contributed by atoms with Crippen molar-refractivity contribution in [3.05, 3.63) is 0 Å². The fourth-order valence-corrected chi connectivity index (χ4v) is 2.21. The van der Waals surface area contributed by atoms with Gasteiger partial charge in [-0.3, -0.25) is 9.69 Å². The molecule has 0 aliphatic heterocycles. The summed E-state index contributed by atoms with van der Waals surface area (Å²) >= 11 is 0. The SMILES string of the molecule is CCCC(C)(C(=O)O)N(C)CC1CCC1. The first-order valence-electron chi connectivity index (χ1n) is 5.95. The minimum absolute atomic E-state index is 0.676. The molecule has 1 N–H and O–H groups in total. The van der Waals surface area contributed by atoms with Crippen LogP contribution in [0, 0.1) is 5.92 Å². The third-order valence-corrected chi connectivity index (χ3v) is 3.80. The Morgan fingerprint density at radius 1 is 1.53 bits per heavy atom. The lowest BCUT2D eigenvalue weighted by atomic mass is 9.83. The van der Waals surface area contributed by atoms with Gasteiger partial charge >= 0.3 is 5.97 Å². The Balaban J connectivity index is 2.56. The Kier molecular flexibility index (Phi) is 4.14. The molecule has 15 heavy (non-hydrogen) atoms. The number of hydrogen-bond acceptors (Lipinski definition) is 2. The second-order valence-corrected chi connectivity index (χ2v) is 5.01. The summed E-state index contributed by atoms with van der Waals surface area (Å²) in [5.74, 6) is 0.0386. The minimum Gasteiger partial charge on any atom is -0.480 e. The third-order valence-electron chi connectivity index (χ3n) is 3.80. The van der Waals surface area contributed by atoms with Crippen molar-refractivity contribution in [2.75, 3.05) is 13.6 Å². The largest absolute Gasteiger partial charge is 0.480 e. The lowest BCUT2D eigenvalue weighted by molar-refractivity contribution is -0.150. The van der Waals surface area contributed by atoms with E-state index in [0.717, 1.165) is 25.3 Å². The zero-order valence-electron chi connectivity index (χ0n) is 10.1. The van der Waals surface area contributed by atoms with Gasteiger partial charge in [0, 0.05) is 6.54 Å². The molecule has 1 fully saturated rings. The molecule has 0 saturated heterocycles. The number of likely N-dealkylation sites (N-methyl/N-ethyl adjacent to an activating group) is 1. The zero-order valence-corrected chi connectivity index (χ0v) is 10.1. The quantitative estimate of drug-likeness (QED) is 0.736. The summed E-state index contributed by atoms with van der Waals surface area (Å²) in [6.45, 7) is 4.82. The number of carboxylic acids is 1. The molecule has 1 saturated carbocycles. The fourth-order valence-electron chi connectivity index (χ4n) is 2.21. The number of aliphatic carboxylic acids is 1. The van der Waals surface area contributed by atoms with Crippen LogP contribution in [0.2, 0.25) is 0 Å². The summed E-state index contributed by atoms with van der Waals surface area (Å²) in [7, 11) is 1.95. The number of nitrogens with zero attached hydrogens (tertiary/aromatic N) is 1. The van der Waals surface area contributed by atoms with E-state index in [9.17, 15) is 9.90 Å². The van der Waals surface area contributed by atoms with Crippen LogP contribution in [-0.2, 0) is 4.79 Å². The fraction of sp³-hybridized carbons (Fsp3) is 0.917. The maximum absolute atomic E-state index is 11.3. The first-order chi connectivity index (χ1) is 7.00. The molecule has 0 aromatic heterocycles. The molecule has 3 heteroatoms. The second-order valence-electron chi connectivity index (χ2n) is 5.01. The van der Waals surface area contributed by atoms with E-state index in [1.807, 2.05) is 25.8 Å². The van der Waals surface area contributed by atoms with Crippen LogP contribution in [0.1, 0.15) is 46.0 Å². The topological polar surface area (TPSA) is 40.5 Å². The Morgan fingerprint density at radius 3 is 2.47 bits per heavy atom. The molecular weight excluding hydrogens is 190 g/mol. The summed E-state index contributed by atoms with van der Waals surface area (Å²) in [5.41, 5.74) is -0.676. The van der Waals surface area contributed by atoms with E-state index < -0.39 is 11.5 Å². The summed E-state index contributed by atoms with van der Waals surface area (Å²) in [6, 6.07) is 0. The molecule has 1 rings (SSSR count). The van der Waals surface area contributed by atoms with E-state index in [1.165, 1.54) is 19.3 Å². The lowest BCUT2D eigenvalue weighted by Gasteiger charge is -2.39. The first kappa shape index (κ1) is 12.5. The molecule has 0 aromatic carbocycles. The smallest absolute Gasteiger partial charge is 0.323 e. The van der Waals surface area contributed by atoms with Crippen molar-refractivity contribution in [3.8, 4) is 0 Å². The summed E-state index contributed by atoms with van der Waals surface area (Å²) in [6.07, 6.45) is 5.50. The van der Waals surface area contributed by atoms with E-state index in [-0.39, 0.29) is 0 Å². The summed E-state index contributed by atoms with van der Waals surface area (Å²) in [4.78, 5) is 13.3. The maximum Gasteiger partial charge on any atom is 0.323 e. The van der Waals surface area contributed by atoms with E-state index in [4.69, 9.17) is 0 Å². The molecule has 0 amide bonds. The van der Waals surface area contributed by atoms with Gasteiger partial charge in [-0.1, -0.05) is 19.8 Å². The number of carbonyl (C=O) groups is 1. The predicted octanol–water partition coefficient (Wildman–Crippen LogP) is 2.36. The second kappa shape index (κ2) is 4.97. The maximum atomic E-state index is 11.3. The highest BCUT2D eigenvalue weighted by atomic mass is 16.4. The van der Waals surface area contributed by atoms with E-state index in [1.54, 1.807) is 0 Å². The van der Waals surface area contributed by atoms with Gasteiger partial charge in [-0.2, -0.15) is 0 Å². The molecule has 0 spiro atoms. The monoisotopic (exact) mass is 213 g/mol. The van der Waals surface area contributed by atoms with E-state index >= 15 is 0 Å². The minimum atomic E-state index is -0.689. The van der Waals surface area contributed by atoms with Crippen molar-refractivity contribution in [1.82, 2.24) is 4.90 Å². The first-order valence-corrected chi connectivity index (χ1v) is 5.95. The molecule has 1 aliphatic rings. The van der Waals surface area contributed by atoms with Crippen LogP contribution in [0.25, 0.3) is 0 Å². The van der Waals surface area contributed by atoms with Crippen molar-refractivity contribution in [2.24, 2.45) is 5.92 Å². The van der Waals surface area contributed by atoms with Gasteiger partial charge in [0.25, 0.3) is 0 Å². The van der Waals surface area contributed by atoms with Gasteiger partial charge in [0.1, 0.15) is 5.54 Å². The highest BCUT2D eigenvalue weighted by Gasteiger charge is 2.37. The van der Waals surface area contributed by atoms with Crippen molar-refractivity contribution >= 4 is 5.97 Å². The molecule has 0 heterocycles. The van der Waals surface area contributed by atoms with Crippen LogP contribution in [0.4, 0.5) is 0 Å². The molecule has 88 valence electrons. The Bertz CT molecular complexity index is 226. The standard InChI is InChI=1S/C12H23NO2/c1-4-8-12(2,11(14)15)13(3)9-10-6-5-7-10/h10H,4-9H2,1-3H3,(H,14,15). The van der Waals surface area contributed by atoms with Gasteiger partial charge in [-0.05, 0) is 39.2 Å². The molecule has 3 nitrogen and oxygen atoms in total. The third kappa shape index (κ3) is 2.71. The average molecular weight is 213 g/mol. The normalized spacial score (nSPS) is 21.1. The summed E-state index contributed by atoms with van der Waals surface area (Å²) < 4.78 is 0. The van der Waals surface area contributed by atoms with Gasteiger partial charge in [-0.15, -0.1) is 0 Å². The number of carboxylic acid groups (broad SMARTS) is 1. The van der Waals surface area contributed by atoms with Crippen molar-refractivity contribution in [3.63, 3.8) is 0 Å². The Hall–Kier alpha value is -0.570. The molecule has 0 radical (unpaired) electrons. The lowest BCUT2D eigenvalue weighted by Crippen LogP contribution is -2.52. The van der Waals surface area contributed by atoms with Crippen LogP contribution in [-0.4, -0.2) is 35.1 Å². The highest BCUT2D eigenvalue weighted by Crippen LogP contribution is 2.30. The Morgan fingerprint density at radius 2 is 2.13 bits per heavy atom. The van der Waals surface area contributed by atoms with E-state index in [2.05, 4.69) is 0 Å². The molecule has 0 aromatic rings. The molecule has 1 unspecified atom stereocenters. The van der Waals surface area contributed by atoms with Crippen LogP contribution in [0.5, 0.6) is 0 Å². The molecule has 1 atom stereocenters. The zero-order chi connectivity index (χ0) is 11.5. The van der Waals surface area contributed by atoms with Gasteiger partial charge in [-0.25, -0.2) is 0 Å². The van der Waals surface area contributed by atoms with Crippen LogP contribution >= 0.6 is 0 Å².